The molecule has 1 radical (unpaired) electrons. The first-order valence-electron chi connectivity index (χ1n) is 3.13. The fourth-order valence-corrected chi connectivity index (χ4v) is 1.03. The predicted octanol–water partition coefficient (Wildman–Crippen LogP) is 1.88. The molecule has 0 spiro atoms. The van der Waals surface area contributed by atoms with Gasteiger partial charge in [-0.15, -0.1) is 0 Å². The van der Waals surface area contributed by atoms with Crippen molar-refractivity contribution in [1.82, 2.24) is 0 Å². The van der Waals surface area contributed by atoms with Crippen molar-refractivity contribution in [1.29, 1.82) is 0 Å². The third-order valence-corrected chi connectivity index (χ3v) is 1.47. The Morgan fingerprint density at radius 2 is 2.30 bits per heavy atom. The van der Waals surface area contributed by atoms with Gasteiger partial charge in [-0.1, -0.05) is 5.57 Å². The molecule has 2 nitrogen and oxygen atoms in total. The average Bonchev–Trinajstić information content (AvgIpc) is 2.27. The molecule has 0 aromatic heterocycles. The normalized spacial score (nSPS) is 21.5. The molecule has 10 heavy (non-hydrogen) atoms. The third kappa shape index (κ3) is 0.727. The molecule has 0 unspecified atom stereocenters. The Morgan fingerprint density at radius 1 is 1.40 bits per heavy atom. The van der Waals surface area contributed by atoms with Crippen LogP contribution >= 0.6 is 0 Å². The third-order valence-electron chi connectivity index (χ3n) is 1.47. The number of allylic oxidation sites excluding steroid dienone is 4. The van der Waals surface area contributed by atoms with Gasteiger partial charge in [0.05, 0.1) is 0 Å². The maximum Gasteiger partial charge on any atom is 0.182 e. The molecule has 1 heterocycles. The molecular weight excluding hydrogens is 128 g/mol. The van der Waals surface area contributed by atoms with E-state index in [1.807, 2.05) is 25.5 Å². The summed E-state index contributed by atoms with van der Waals surface area (Å²) in [6.07, 6.45) is 7.40. The van der Waals surface area contributed by atoms with Gasteiger partial charge in [-0.3, -0.25) is 9.78 Å². The quantitative estimate of drug-likeness (QED) is 0.472. The highest BCUT2D eigenvalue weighted by molar-refractivity contribution is 5.49. The van der Waals surface area contributed by atoms with E-state index in [-0.39, 0.29) is 0 Å². The Kier molecular flexibility index (Phi) is 1.07. The summed E-state index contributed by atoms with van der Waals surface area (Å²) < 4.78 is 0. The average molecular weight is 135 g/mol. The van der Waals surface area contributed by atoms with Crippen LogP contribution in [0.15, 0.2) is 35.3 Å². The molecule has 0 saturated heterocycles. The fraction of sp³-hybridized carbons (Fsp3) is 0.125. The van der Waals surface area contributed by atoms with Crippen LogP contribution in [0.4, 0.5) is 0 Å². The van der Waals surface area contributed by atoms with Crippen molar-refractivity contribution >= 4 is 0 Å². The number of hydrogen-bond acceptors (Lipinski definition) is 2. The van der Waals surface area contributed by atoms with Gasteiger partial charge in [0, 0.05) is 12.0 Å². The van der Waals surface area contributed by atoms with Crippen molar-refractivity contribution in [2.75, 3.05) is 0 Å². The second-order valence-corrected chi connectivity index (χ2v) is 2.33. The first-order valence-corrected chi connectivity index (χ1v) is 3.13. The Hall–Kier alpha value is -1.18. The van der Waals surface area contributed by atoms with Gasteiger partial charge in [0.1, 0.15) is 6.26 Å². The van der Waals surface area contributed by atoms with Crippen LogP contribution in [0.5, 0.6) is 0 Å². The van der Waals surface area contributed by atoms with Gasteiger partial charge in [-0.2, -0.15) is 0 Å². The summed E-state index contributed by atoms with van der Waals surface area (Å²) in [7, 11) is 0. The van der Waals surface area contributed by atoms with Crippen LogP contribution < -0.4 is 0 Å². The van der Waals surface area contributed by atoms with Gasteiger partial charge in [-0.05, 0) is 19.1 Å². The first kappa shape index (κ1) is 5.59. The van der Waals surface area contributed by atoms with Crippen LogP contribution in [0.2, 0.25) is 0 Å². The van der Waals surface area contributed by atoms with Gasteiger partial charge in [0.25, 0.3) is 0 Å². The molecule has 1 aliphatic heterocycles. The van der Waals surface area contributed by atoms with E-state index in [1.165, 1.54) is 11.8 Å². The predicted molar refractivity (Wildman–Crippen MR) is 36.4 cm³/mol. The molecule has 1 aliphatic carbocycles. The minimum Gasteiger partial charge on any atom is -0.298 e. The molecule has 0 atom stereocenters. The van der Waals surface area contributed by atoms with Gasteiger partial charge in [-0.25, -0.2) is 0 Å². The Morgan fingerprint density at radius 3 is 3.10 bits per heavy atom. The lowest BCUT2D eigenvalue weighted by Crippen LogP contribution is -1.93. The summed E-state index contributed by atoms with van der Waals surface area (Å²) in [4.78, 5) is 9.49. The summed E-state index contributed by atoms with van der Waals surface area (Å²) in [6.45, 7) is 2.02. The van der Waals surface area contributed by atoms with Crippen molar-refractivity contribution in [3.63, 3.8) is 0 Å². The van der Waals surface area contributed by atoms with Crippen LogP contribution in [0, 0.1) is 6.42 Å². The topological polar surface area (TPSA) is 18.5 Å². The second kappa shape index (κ2) is 1.90. The smallest absolute Gasteiger partial charge is 0.182 e. The van der Waals surface area contributed by atoms with Crippen molar-refractivity contribution in [3.05, 3.63) is 41.7 Å². The van der Waals surface area contributed by atoms with E-state index in [0.29, 0.717) is 0 Å². The van der Waals surface area contributed by atoms with Crippen LogP contribution in [0.1, 0.15) is 6.92 Å². The maximum atomic E-state index is 4.86. The lowest BCUT2D eigenvalue weighted by atomic mass is 10.2. The molecule has 0 N–H and O–H groups in total. The van der Waals surface area contributed by atoms with Crippen LogP contribution in [0.3, 0.4) is 0 Å². The standard InChI is InChI=1S/C8H7O2/c1-6-4-7-2-3-9-10-8(7)5-6/h2-5H,1H3. The fourth-order valence-electron chi connectivity index (χ4n) is 1.03. The minimum atomic E-state index is 0.806. The molecule has 0 fully saturated rings. The summed E-state index contributed by atoms with van der Waals surface area (Å²) >= 11 is 0. The van der Waals surface area contributed by atoms with E-state index in [0.717, 1.165) is 11.3 Å². The van der Waals surface area contributed by atoms with Crippen molar-refractivity contribution in [2.24, 2.45) is 0 Å². The van der Waals surface area contributed by atoms with Crippen molar-refractivity contribution < 1.29 is 9.78 Å². The lowest BCUT2D eigenvalue weighted by Gasteiger charge is -2.06. The van der Waals surface area contributed by atoms with E-state index >= 15 is 0 Å². The molecule has 2 rings (SSSR count). The molecule has 0 aromatic carbocycles. The minimum absolute atomic E-state index is 0.806. The van der Waals surface area contributed by atoms with E-state index < -0.39 is 0 Å². The molecular formula is C8H7O2. The highest BCUT2D eigenvalue weighted by Crippen LogP contribution is 2.28. The van der Waals surface area contributed by atoms with Gasteiger partial charge < -0.3 is 0 Å². The Labute approximate surface area is 59.4 Å². The van der Waals surface area contributed by atoms with E-state index in [2.05, 4.69) is 4.89 Å². The van der Waals surface area contributed by atoms with E-state index in [4.69, 9.17) is 4.89 Å². The lowest BCUT2D eigenvalue weighted by molar-refractivity contribution is -0.210. The molecule has 2 aliphatic rings. The highest BCUT2D eigenvalue weighted by Gasteiger charge is 2.16. The van der Waals surface area contributed by atoms with Gasteiger partial charge >= 0.3 is 0 Å². The Balaban J connectivity index is 2.31. The van der Waals surface area contributed by atoms with Crippen molar-refractivity contribution in [3.8, 4) is 0 Å². The van der Waals surface area contributed by atoms with E-state index in [9.17, 15) is 0 Å². The Bertz CT molecular complexity index is 246. The summed E-state index contributed by atoms with van der Waals surface area (Å²) in [5.74, 6) is 0.806. The summed E-state index contributed by atoms with van der Waals surface area (Å²) in [5, 5.41) is 0. The first-order chi connectivity index (χ1) is 4.86. The number of rotatable bonds is 0. The highest BCUT2D eigenvalue weighted by atomic mass is 17.2. The largest absolute Gasteiger partial charge is 0.298 e. The summed E-state index contributed by atoms with van der Waals surface area (Å²) in [6, 6.07) is 0. The molecule has 0 amide bonds. The van der Waals surface area contributed by atoms with Gasteiger partial charge in [0.2, 0.25) is 0 Å². The van der Waals surface area contributed by atoms with Gasteiger partial charge in [0.15, 0.2) is 5.76 Å². The molecule has 2 heteroatoms. The molecule has 0 aromatic rings. The zero-order chi connectivity index (χ0) is 6.97. The molecule has 0 bridgehead atoms. The monoisotopic (exact) mass is 135 g/mol. The van der Waals surface area contributed by atoms with E-state index in [1.54, 1.807) is 0 Å². The molecule has 51 valence electrons. The number of hydrogen-bond donors (Lipinski definition) is 0. The second-order valence-electron chi connectivity index (χ2n) is 2.33. The summed E-state index contributed by atoms with van der Waals surface area (Å²) in [5.41, 5.74) is 2.28. The van der Waals surface area contributed by atoms with Crippen molar-refractivity contribution in [2.45, 2.75) is 6.92 Å². The SMILES string of the molecule is CC1=CC2=C([CH]1)C=COO2. The molecule has 0 saturated carbocycles. The maximum absolute atomic E-state index is 4.86. The van der Waals surface area contributed by atoms with Crippen LogP contribution in [0.25, 0.3) is 0 Å². The van der Waals surface area contributed by atoms with Crippen LogP contribution in [-0.2, 0) is 9.78 Å². The zero-order valence-electron chi connectivity index (χ0n) is 5.63. The van der Waals surface area contributed by atoms with Crippen LogP contribution in [-0.4, -0.2) is 0 Å². The zero-order valence-corrected chi connectivity index (χ0v) is 5.63.